The second-order valence-electron chi connectivity index (χ2n) is 8.09. The van der Waals surface area contributed by atoms with Crippen LogP contribution >= 0.6 is 0 Å². The number of ether oxygens (including phenoxy) is 1. The lowest BCUT2D eigenvalue weighted by molar-refractivity contribution is 0.306. The highest BCUT2D eigenvalue weighted by Gasteiger charge is 2.25. The fourth-order valence-corrected chi connectivity index (χ4v) is 4.86. The summed E-state index contributed by atoms with van der Waals surface area (Å²) in [5.74, 6) is 1.63. The molecule has 0 saturated carbocycles. The summed E-state index contributed by atoms with van der Waals surface area (Å²) in [6, 6.07) is 20.1. The number of benzene rings is 2. The van der Waals surface area contributed by atoms with Gasteiger partial charge < -0.3 is 14.6 Å². The van der Waals surface area contributed by atoms with Gasteiger partial charge in [0.25, 0.3) is 0 Å². The molecular weight excluding hydrogens is 438 g/mol. The molecule has 2 aromatic carbocycles. The van der Waals surface area contributed by atoms with Gasteiger partial charge in [0.1, 0.15) is 30.1 Å². The summed E-state index contributed by atoms with van der Waals surface area (Å²) in [6.45, 7) is 2.61. The molecule has 0 amide bonds. The fourth-order valence-electron chi connectivity index (χ4n) is 4.04. The highest BCUT2D eigenvalue weighted by atomic mass is 32.2. The second-order valence-corrected chi connectivity index (χ2v) is 10.1. The van der Waals surface area contributed by atoms with Gasteiger partial charge in [0, 0.05) is 31.9 Å². The largest absolute Gasteiger partial charge is 0.489 e. The summed E-state index contributed by atoms with van der Waals surface area (Å²) in [6.07, 6.45) is 2.80. The molecule has 0 radical (unpaired) electrons. The predicted octanol–water partition coefficient (Wildman–Crippen LogP) is 3.29. The summed E-state index contributed by atoms with van der Waals surface area (Å²) in [5, 5.41) is 0.921. The number of sulfonamides is 1. The Morgan fingerprint density at radius 3 is 2.39 bits per heavy atom. The number of rotatable bonds is 6. The minimum atomic E-state index is -3.17. The molecule has 0 bridgehead atoms. The zero-order valence-electron chi connectivity index (χ0n) is 18.3. The van der Waals surface area contributed by atoms with Crippen molar-refractivity contribution in [3.05, 3.63) is 72.6 Å². The van der Waals surface area contributed by atoms with Crippen molar-refractivity contribution in [3.8, 4) is 17.0 Å². The van der Waals surface area contributed by atoms with E-state index < -0.39 is 10.0 Å². The standard InChI is InChI=1S/C24H25N5O3S/c1-33(30,31)29-13-11-28(12-14-29)24-21-15-22(27-23(21)25-17-26-24)19-7-9-20(10-8-19)32-16-18-5-3-2-4-6-18/h2-10,15,17H,11-14,16H2,1H3,(H,25,26,27). The molecule has 170 valence electrons. The number of fused-ring (bicyclic) bond motifs is 1. The van der Waals surface area contributed by atoms with Crippen LogP contribution < -0.4 is 9.64 Å². The van der Waals surface area contributed by atoms with Gasteiger partial charge in [-0.15, -0.1) is 0 Å². The first-order valence-electron chi connectivity index (χ1n) is 10.8. The normalized spacial score (nSPS) is 15.1. The van der Waals surface area contributed by atoms with Gasteiger partial charge in [-0.3, -0.25) is 0 Å². The number of hydrogen-bond acceptors (Lipinski definition) is 6. The molecule has 9 heteroatoms. The van der Waals surface area contributed by atoms with E-state index in [4.69, 9.17) is 4.74 Å². The van der Waals surface area contributed by atoms with Gasteiger partial charge in [-0.05, 0) is 41.5 Å². The third-order valence-electron chi connectivity index (χ3n) is 5.83. The van der Waals surface area contributed by atoms with Gasteiger partial charge in [0.05, 0.1) is 11.6 Å². The van der Waals surface area contributed by atoms with Crippen molar-refractivity contribution in [3.63, 3.8) is 0 Å². The molecule has 33 heavy (non-hydrogen) atoms. The maximum Gasteiger partial charge on any atom is 0.211 e. The summed E-state index contributed by atoms with van der Waals surface area (Å²) >= 11 is 0. The Bertz CT molecular complexity index is 1350. The Morgan fingerprint density at radius 2 is 1.70 bits per heavy atom. The highest BCUT2D eigenvalue weighted by Crippen LogP contribution is 2.30. The Hall–Kier alpha value is -3.43. The summed E-state index contributed by atoms with van der Waals surface area (Å²) in [7, 11) is -3.17. The Morgan fingerprint density at radius 1 is 0.970 bits per heavy atom. The van der Waals surface area contributed by atoms with Crippen LogP contribution in [0.4, 0.5) is 5.82 Å². The predicted molar refractivity (Wildman–Crippen MR) is 129 cm³/mol. The average Bonchev–Trinajstić information content (AvgIpc) is 3.28. The molecule has 3 heterocycles. The molecule has 5 rings (SSSR count). The van der Waals surface area contributed by atoms with Crippen LogP contribution in [0.1, 0.15) is 5.56 Å². The topological polar surface area (TPSA) is 91.4 Å². The Labute approximate surface area is 192 Å². The number of nitrogens with one attached hydrogen (secondary N) is 1. The van der Waals surface area contributed by atoms with Crippen molar-refractivity contribution in [2.45, 2.75) is 6.61 Å². The number of hydrogen-bond donors (Lipinski definition) is 1. The molecule has 1 saturated heterocycles. The minimum absolute atomic E-state index is 0.450. The van der Waals surface area contributed by atoms with E-state index in [1.165, 1.54) is 10.6 Å². The Kier molecular flexibility index (Phi) is 5.74. The average molecular weight is 464 g/mol. The quantitative estimate of drug-likeness (QED) is 0.472. The number of piperazine rings is 1. The molecule has 1 aliphatic heterocycles. The van der Waals surface area contributed by atoms with E-state index in [2.05, 4.69) is 19.9 Å². The maximum atomic E-state index is 11.8. The van der Waals surface area contributed by atoms with Crippen molar-refractivity contribution in [1.82, 2.24) is 19.3 Å². The molecular formula is C24H25N5O3S. The third-order valence-corrected chi connectivity index (χ3v) is 7.13. The van der Waals surface area contributed by atoms with E-state index in [9.17, 15) is 8.42 Å². The molecule has 0 atom stereocenters. The lowest BCUT2D eigenvalue weighted by atomic mass is 10.1. The third kappa shape index (κ3) is 4.69. The van der Waals surface area contributed by atoms with E-state index in [0.717, 1.165) is 39.4 Å². The van der Waals surface area contributed by atoms with E-state index in [1.54, 1.807) is 6.33 Å². The molecule has 1 fully saturated rings. The van der Waals surface area contributed by atoms with Crippen molar-refractivity contribution in [1.29, 1.82) is 0 Å². The van der Waals surface area contributed by atoms with Crippen molar-refractivity contribution in [2.24, 2.45) is 0 Å². The number of anilines is 1. The van der Waals surface area contributed by atoms with Crippen LogP contribution in [0.2, 0.25) is 0 Å². The summed E-state index contributed by atoms with van der Waals surface area (Å²) in [4.78, 5) is 14.4. The SMILES string of the molecule is CS(=O)(=O)N1CCN(c2ncnc3[nH]c(-c4ccc(OCc5ccccc5)cc4)cc23)CC1. The van der Waals surface area contributed by atoms with E-state index >= 15 is 0 Å². The molecule has 0 aliphatic carbocycles. The van der Waals surface area contributed by atoms with Crippen LogP contribution in [0.15, 0.2) is 67.0 Å². The molecule has 0 unspecified atom stereocenters. The van der Waals surface area contributed by atoms with Crippen LogP contribution in [0.3, 0.4) is 0 Å². The number of aromatic amines is 1. The second kappa shape index (κ2) is 8.84. The van der Waals surface area contributed by atoms with E-state index in [1.807, 2.05) is 60.7 Å². The van der Waals surface area contributed by atoms with Gasteiger partial charge in [-0.2, -0.15) is 4.31 Å². The van der Waals surface area contributed by atoms with Crippen LogP contribution in [0, 0.1) is 0 Å². The van der Waals surface area contributed by atoms with Crippen molar-refractivity contribution >= 4 is 26.9 Å². The summed E-state index contributed by atoms with van der Waals surface area (Å²) in [5.41, 5.74) is 3.84. The first-order valence-corrected chi connectivity index (χ1v) is 12.6. The van der Waals surface area contributed by atoms with Crippen LogP contribution in [-0.4, -0.2) is 60.1 Å². The lowest BCUT2D eigenvalue weighted by Gasteiger charge is -2.34. The summed E-state index contributed by atoms with van der Waals surface area (Å²) < 4.78 is 31.0. The molecule has 0 spiro atoms. The molecule has 8 nitrogen and oxygen atoms in total. The molecule has 1 aliphatic rings. The zero-order valence-corrected chi connectivity index (χ0v) is 19.1. The number of nitrogens with zero attached hydrogens (tertiary/aromatic N) is 4. The first kappa shape index (κ1) is 21.4. The molecule has 2 aromatic heterocycles. The molecule has 1 N–H and O–H groups in total. The van der Waals surface area contributed by atoms with E-state index in [0.29, 0.717) is 32.8 Å². The highest BCUT2D eigenvalue weighted by molar-refractivity contribution is 7.88. The Balaban J connectivity index is 1.33. The minimum Gasteiger partial charge on any atom is -0.489 e. The van der Waals surface area contributed by atoms with Gasteiger partial charge >= 0.3 is 0 Å². The van der Waals surface area contributed by atoms with Crippen LogP contribution in [-0.2, 0) is 16.6 Å². The van der Waals surface area contributed by atoms with Crippen LogP contribution in [0.25, 0.3) is 22.3 Å². The maximum absolute atomic E-state index is 11.8. The van der Waals surface area contributed by atoms with E-state index in [-0.39, 0.29) is 0 Å². The monoisotopic (exact) mass is 463 g/mol. The smallest absolute Gasteiger partial charge is 0.211 e. The van der Waals surface area contributed by atoms with Gasteiger partial charge in [0.2, 0.25) is 10.0 Å². The van der Waals surface area contributed by atoms with Crippen LogP contribution in [0.5, 0.6) is 5.75 Å². The number of aromatic nitrogens is 3. The van der Waals surface area contributed by atoms with Gasteiger partial charge in [-0.1, -0.05) is 30.3 Å². The fraction of sp³-hybridized carbons (Fsp3) is 0.250. The van der Waals surface area contributed by atoms with Gasteiger partial charge in [-0.25, -0.2) is 18.4 Å². The van der Waals surface area contributed by atoms with Crippen molar-refractivity contribution < 1.29 is 13.2 Å². The van der Waals surface area contributed by atoms with Crippen molar-refractivity contribution in [2.75, 3.05) is 37.3 Å². The van der Waals surface area contributed by atoms with Gasteiger partial charge in [0.15, 0.2) is 0 Å². The zero-order chi connectivity index (χ0) is 22.8. The molecule has 4 aromatic rings. The lowest BCUT2D eigenvalue weighted by Crippen LogP contribution is -2.48. The first-order chi connectivity index (χ1) is 16.0. The number of H-pyrrole nitrogens is 1.